The highest BCUT2D eigenvalue weighted by Gasteiger charge is 2.27. The Morgan fingerprint density at radius 3 is 2.11 bits per heavy atom. The van der Waals surface area contributed by atoms with Crippen molar-refractivity contribution in [1.29, 1.82) is 0 Å². The van der Waals surface area contributed by atoms with Gasteiger partial charge in [-0.3, -0.25) is 13.9 Å². The van der Waals surface area contributed by atoms with Gasteiger partial charge in [0.05, 0.1) is 23.9 Å². The molecule has 0 aromatic heterocycles. The maximum Gasteiger partial charge on any atom is 0.308 e. The predicted octanol–water partition coefficient (Wildman–Crippen LogP) is 3.27. The lowest BCUT2D eigenvalue weighted by Gasteiger charge is -2.24. The van der Waals surface area contributed by atoms with Crippen LogP contribution >= 0.6 is 0 Å². The maximum absolute atomic E-state index is 13.4. The third kappa shape index (κ3) is 6.90. The number of hydrazone groups is 1. The Morgan fingerprint density at radius 2 is 1.54 bits per heavy atom. The van der Waals surface area contributed by atoms with Crippen LogP contribution in [0.25, 0.3) is 0 Å². The summed E-state index contributed by atoms with van der Waals surface area (Å²) in [7, 11) is -2.57. The predicted molar refractivity (Wildman–Crippen MR) is 132 cm³/mol. The Morgan fingerprint density at radius 1 is 0.943 bits per heavy atom. The topological polar surface area (TPSA) is 114 Å². The first kappa shape index (κ1) is 25.4. The molecule has 10 heteroatoms. The Hall–Kier alpha value is -4.18. The lowest BCUT2D eigenvalue weighted by atomic mass is 10.2. The summed E-state index contributed by atoms with van der Waals surface area (Å²) in [6.45, 7) is 2.70. The van der Waals surface area contributed by atoms with E-state index in [0.717, 1.165) is 9.87 Å². The van der Waals surface area contributed by atoms with E-state index in [1.807, 2.05) is 6.92 Å². The molecule has 0 aliphatic rings. The molecule has 0 aliphatic heterocycles. The second kappa shape index (κ2) is 11.3. The molecule has 0 unspecified atom stereocenters. The summed E-state index contributed by atoms with van der Waals surface area (Å²) in [5.74, 6) is -0.160. The number of ether oxygens (including phenoxy) is 2. The Balaban J connectivity index is 1.77. The molecule has 9 nitrogen and oxygen atoms in total. The van der Waals surface area contributed by atoms with Crippen LogP contribution in [0.2, 0.25) is 0 Å². The number of nitrogens with zero attached hydrogens (tertiary/aromatic N) is 2. The largest absolute Gasteiger partial charge is 0.497 e. The highest BCUT2D eigenvalue weighted by Crippen LogP contribution is 2.25. The van der Waals surface area contributed by atoms with Crippen LogP contribution in [0.5, 0.6) is 11.5 Å². The smallest absolute Gasteiger partial charge is 0.308 e. The summed E-state index contributed by atoms with van der Waals surface area (Å²) in [6.07, 6.45) is 1.39. The molecule has 3 aromatic rings. The second-order valence-corrected chi connectivity index (χ2v) is 9.34. The van der Waals surface area contributed by atoms with Crippen molar-refractivity contribution in [2.45, 2.75) is 18.7 Å². The molecule has 0 aliphatic carbocycles. The number of anilines is 1. The number of carbonyl (C=O) groups excluding carboxylic acids is 2. The molecule has 1 amide bonds. The van der Waals surface area contributed by atoms with E-state index in [2.05, 4.69) is 10.5 Å². The number of aryl methyl sites for hydroxylation is 1. The molecule has 0 bridgehead atoms. The number of hydrogen-bond donors (Lipinski definition) is 1. The van der Waals surface area contributed by atoms with Crippen LogP contribution in [0, 0.1) is 6.92 Å². The van der Waals surface area contributed by atoms with Crippen molar-refractivity contribution in [2.75, 3.05) is 18.0 Å². The number of esters is 1. The number of benzene rings is 3. The van der Waals surface area contributed by atoms with E-state index in [1.54, 1.807) is 48.5 Å². The van der Waals surface area contributed by atoms with Crippen LogP contribution in [0.15, 0.2) is 82.8 Å². The van der Waals surface area contributed by atoms with E-state index in [-0.39, 0.29) is 4.90 Å². The van der Waals surface area contributed by atoms with Crippen molar-refractivity contribution in [3.63, 3.8) is 0 Å². The zero-order chi connectivity index (χ0) is 25.4. The Bertz CT molecular complexity index is 1300. The summed E-state index contributed by atoms with van der Waals surface area (Å²) < 4.78 is 37.9. The van der Waals surface area contributed by atoms with Crippen molar-refractivity contribution in [2.24, 2.45) is 5.10 Å². The molecule has 1 N–H and O–H groups in total. The summed E-state index contributed by atoms with van der Waals surface area (Å²) >= 11 is 0. The number of methoxy groups -OCH3 is 1. The van der Waals surface area contributed by atoms with Gasteiger partial charge in [-0.2, -0.15) is 5.10 Å². The fourth-order valence-electron chi connectivity index (χ4n) is 3.03. The SMILES string of the molecule is COc1ccc(S(=O)(=O)N(CC(=O)N/N=C\c2ccc(OC(C)=O)cc2)c2ccc(C)cc2)cc1. The van der Waals surface area contributed by atoms with Crippen LogP contribution in [0.3, 0.4) is 0 Å². The fraction of sp³-hybridized carbons (Fsp3) is 0.160. The highest BCUT2D eigenvalue weighted by atomic mass is 32.2. The second-order valence-electron chi connectivity index (χ2n) is 7.48. The van der Waals surface area contributed by atoms with E-state index in [1.165, 1.54) is 44.5 Å². The van der Waals surface area contributed by atoms with Crippen molar-refractivity contribution < 1.29 is 27.5 Å². The number of rotatable bonds is 9. The van der Waals surface area contributed by atoms with Crippen molar-refractivity contribution >= 4 is 33.8 Å². The number of hydrogen-bond acceptors (Lipinski definition) is 7. The average molecular weight is 496 g/mol. The summed E-state index contributed by atoms with van der Waals surface area (Å²) in [5.41, 5.74) is 4.28. The normalized spacial score (nSPS) is 11.2. The van der Waals surface area contributed by atoms with E-state index in [9.17, 15) is 18.0 Å². The van der Waals surface area contributed by atoms with Gasteiger partial charge < -0.3 is 9.47 Å². The number of nitrogens with one attached hydrogen (secondary N) is 1. The molecular formula is C25H25N3O6S. The minimum Gasteiger partial charge on any atom is -0.497 e. The zero-order valence-electron chi connectivity index (χ0n) is 19.5. The number of amides is 1. The quantitative estimate of drug-likeness (QED) is 0.211. The molecule has 0 saturated carbocycles. The van der Waals surface area contributed by atoms with Crippen LogP contribution in [-0.2, 0) is 19.6 Å². The maximum atomic E-state index is 13.4. The molecular weight excluding hydrogens is 470 g/mol. The van der Waals surface area contributed by atoms with Gasteiger partial charge in [0, 0.05) is 6.92 Å². The fourth-order valence-corrected chi connectivity index (χ4v) is 4.45. The van der Waals surface area contributed by atoms with Crippen LogP contribution < -0.4 is 19.2 Å². The van der Waals surface area contributed by atoms with Gasteiger partial charge in [0.15, 0.2) is 0 Å². The molecule has 0 fully saturated rings. The highest BCUT2D eigenvalue weighted by molar-refractivity contribution is 7.92. The summed E-state index contributed by atoms with van der Waals surface area (Å²) in [5, 5.41) is 3.90. The first-order valence-corrected chi connectivity index (χ1v) is 12.0. The van der Waals surface area contributed by atoms with Crippen LogP contribution in [0.4, 0.5) is 5.69 Å². The molecule has 0 heterocycles. The lowest BCUT2D eigenvalue weighted by Crippen LogP contribution is -2.39. The van der Waals surface area contributed by atoms with Gasteiger partial charge >= 0.3 is 5.97 Å². The van der Waals surface area contributed by atoms with Gasteiger partial charge in [-0.25, -0.2) is 13.8 Å². The van der Waals surface area contributed by atoms with Gasteiger partial charge in [-0.15, -0.1) is 0 Å². The van der Waals surface area contributed by atoms with Gasteiger partial charge in [0.2, 0.25) is 0 Å². The Labute approximate surface area is 204 Å². The van der Waals surface area contributed by atoms with E-state index < -0.39 is 28.4 Å². The third-order valence-electron chi connectivity index (χ3n) is 4.80. The molecule has 182 valence electrons. The van der Waals surface area contributed by atoms with Crippen molar-refractivity contribution in [3.05, 3.63) is 83.9 Å². The summed E-state index contributed by atoms with van der Waals surface area (Å²) in [6, 6.07) is 19.2. The van der Waals surface area contributed by atoms with Gasteiger partial charge in [0.1, 0.15) is 18.0 Å². The third-order valence-corrected chi connectivity index (χ3v) is 6.59. The minimum atomic E-state index is -4.06. The molecule has 3 rings (SSSR count). The number of carbonyl (C=O) groups is 2. The van der Waals surface area contributed by atoms with E-state index in [4.69, 9.17) is 9.47 Å². The van der Waals surface area contributed by atoms with Gasteiger partial charge in [-0.05, 0) is 73.2 Å². The monoisotopic (exact) mass is 495 g/mol. The molecule has 0 radical (unpaired) electrons. The first-order valence-electron chi connectivity index (χ1n) is 10.5. The molecule has 0 saturated heterocycles. The lowest BCUT2D eigenvalue weighted by molar-refractivity contribution is -0.131. The number of sulfonamides is 1. The standard InChI is InChI=1S/C25H25N3O6S/c1-18-4-8-21(9-5-18)28(35(31,32)24-14-12-22(33-3)13-15-24)17-25(30)27-26-16-20-6-10-23(11-7-20)34-19(2)29/h4-16H,17H2,1-3H3,(H,27,30)/b26-16-. The minimum absolute atomic E-state index is 0.0167. The summed E-state index contributed by atoms with van der Waals surface area (Å²) in [4.78, 5) is 23.6. The zero-order valence-corrected chi connectivity index (χ0v) is 20.3. The molecule has 0 spiro atoms. The van der Waals surface area contributed by atoms with Crippen LogP contribution in [-0.4, -0.2) is 40.2 Å². The average Bonchev–Trinajstić information content (AvgIpc) is 2.84. The molecule has 35 heavy (non-hydrogen) atoms. The van der Waals surface area contributed by atoms with E-state index in [0.29, 0.717) is 22.7 Å². The van der Waals surface area contributed by atoms with Gasteiger partial charge in [-0.1, -0.05) is 17.7 Å². The van der Waals surface area contributed by atoms with Crippen molar-refractivity contribution in [3.8, 4) is 11.5 Å². The van der Waals surface area contributed by atoms with Gasteiger partial charge in [0.25, 0.3) is 15.9 Å². The van der Waals surface area contributed by atoms with E-state index >= 15 is 0 Å². The Kier molecular flexibility index (Phi) is 8.21. The molecule has 3 aromatic carbocycles. The van der Waals surface area contributed by atoms with Crippen LogP contribution in [0.1, 0.15) is 18.1 Å². The van der Waals surface area contributed by atoms with Crippen molar-refractivity contribution in [1.82, 2.24) is 5.43 Å². The first-order chi connectivity index (χ1) is 16.7. The molecule has 0 atom stereocenters.